The number of nitrogens with zero attached hydrogens (tertiary/aromatic N) is 3. The van der Waals surface area contributed by atoms with E-state index in [1.54, 1.807) is 4.57 Å². The molecular weight excluding hydrogens is 375 g/mol. The number of nitrogens with one attached hydrogen (secondary N) is 1. The summed E-state index contributed by atoms with van der Waals surface area (Å²) in [4.78, 5) is 30.2. The number of carbonyl (C=O) groups is 1. The molecule has 0 amide bonds. The second-order valence-corrected chi connectivity index (χ2v) is 7.60. The quantitative estimate of drug-likeness (QED) is 0.824. The summed E-state index contributed by atoms with van der Waals surface area (Å²) in [5, 5.41) is 12.5. The largest absolute Gasteiger partial charge is 0.477 e. The molecule has 148 valence electrons. The number of rotatable bonds is 3. The van der Waals surface area contributed by atoms with Crippen LogP contribution >= 0.6 is 12.4 Å². The first kappa shape index (κ1) is 21.1. The molecule has 1 aliphatic heterocycles. The Hall–Kier alpha value is -2.19. The van der Waals surface area contributed by atoms with Crippen LogP contribution in [0.1, 0.15) is 37.6 Å². The fraction of sp³-hybridized carbons (Fsp3) is 0.500. The molecule has 2 N–H and O–H groups in total. The molecule has 1 aliphatic rings. The molecule has 3 rings (SSSR count). The van der Waals surface area contributed by atoms with Gasteiger partial charge in [-0.2, -0.15) is 0 Å². The lowest BCUT2D eigenvalue weighted by atomic mass is 10.1. The highest BCUT2D eigenvalue weighted by atomic mass is 35.5. The van der Waals surface area contributed by atoms with Crippen molar-refractivity contribution in [2.45, 2.75) is 38.8 Å². The van der Waals surface area contributed by atoms with Crippen LogP contribution in [0.5, 0.6) is 0 Å². The van der Waals surface area contributed by atoms with Gasteiger partial charge in [-0.05, 0) is 40.3 Å². The van der Waals surface area contributed by atoms with Gasteiger partial charge in [0.05, 0.1) is 5.39 Å². The maximum absolute atomic E-state index is 14.7. The number of halogens is 2. The smallest absolute Gasteiger partial charge is 0.341 e. The minimum Gasteiger partial charge on any atom is -0.477 e. The van der Waals surface area contributed by atoms with E-state index in [9.17, 15) is 19.1 Å². The average molecular weight is 399 g/mol. The van der Waals surface area contributed by atoms with Crippen molar-refractivity contribution >= 4 is 35.2 Å². The predicted octanol–water partition coefficient (Wildman–Crippen LogP) is 2.21. The van der Waals surface area contributed by atoms with Crippen LogP contribution in [0.25, 0.3) is 11.0 Å². The zero-order valence-corrected chi connectivity index (χ0v) is 16.6. The van der Waals surface area contributed by atoms with Crippen LogP contribution in [-0.4, -0.2) is 46.8 Å². The number of carboxylic acid groups (broad SMARTS) is 1. The highest BCUT2D eigenvalue weighted by Gasteiger charge is 2.28. The molecule has 3 heterocycles. The number of aromatic carboxylic acids is 1. The lowest BCUT2D eigenvalue weighted by Crippen LogP contribution is -2.31. The number of pyridine rings is 2. The van der Waals surface area contributed by atoms with E-state index in [-0.39, 0.29) is 35.3 Å². The average Bonchev–Trinajstić information content (AvgIpc) is 3.02. The van der Waals surface area contributed by atoms with Gasteiger partial charge >= 0.3 is 5.97 Å². The van der Waals surface area contributed by atoms with Gasteiger partial charge in [-0.15, -0.1) is 12.4 Å². The summed E-state index contributed by atoms with van der Waals surface area (Å²) in [6.45, 7) is 6.91. The number of hydrogen-bond acceptors (Lipinski definition) is 5. The van der Waals surface area contributed by atoms with E-state index in [0.717, 1.165) is 12.5 Å². The van der Waals surface area contributed by atoms with Gasteiger partial charge in [0, 0.05) is 30.9 Å². The van der Waals surface area contributed by atoms with Crippen molar-refractivity contribution in [2.24, 2.45) is 0 Å². The van der Waals surface area contributed by atoms with Crippen molar-refractivity contribution < 1.29 is 14.3 Å². The zero-order chi connectivity index (χ0) is 19.2. The Bertz CT molecular complexity index is 939. The van der Waals surface area contributed by atoms with E-state index in [1.807, 2.05) is 32.7 Å². The van der Waals surface area contributed by atoms with Crippen LogP contribution in [0.4, 0.5) is 10.2 Å². The second kappa shape index (κ2) is 7.44. The van der Waals surface area contributed by atoms with Crippen molar-refractivity contribution in [1.82, 2.24) is 14.9 Å². The standard InChI is InChI=1S/C18H23FN4O3.ClH/c1-18(2,3)23-9-12(17(25)26)14(24)11-7-13(19)16(21-15(11)23)22-6-5-10(8-22)20-4;/h7,9-10,20H,5-6,8H2,1-4H3,(H,25,26);1H/t10-;/m0./s1. The van der Waals surface area contributed by atoms with Gasteiger partial charge in [-0.3, -0.25) is 4.79 Å². The van der Waals surface area contributed by atoms with Gasteiger partial charge in [-0.1, -0.05) is 0 Å². The van der Waals surface area contributed by atoms with Gasteiger partial charge in [0.1, 0.15) is 11.2 Å². The highest BCUT2D eigenvalue weighted by molar-refractivity contribution is 5.92. The third kappa shape index (κ3) is 3.77. The van der Waals surface area contributed by atoms with Gasteiger partial charge in [0.2, 0.25) is 5.43 Å². The third-order valence-corrected chi connectivity index (χ3v) is 4.76. The molecule has 2 aromatic rings. The Labute approximate surface area is 162 Å². The Morgan fingerprint density at radius 1 is 1.41 bits per heavy atom. The second-order valence-electron chi connectivity index (χ2n) is 7.60. The lowest BCUT2D eigenvalue weighted by molar-refractivity contribution is 0.0694. The zero-order valence-electron chi connectivity index (χ0n) is 15.7. The molecule has 1 fully saturated rings. The molecule has 9 heteroatoms. The summed E-state index contributed by atoms with van der Waals surface area (Å²) in [6.07, 6.45) is 2.17. The number of anilines is 1. The first-order valence-electron chi connectivity index (χ1n) is 8.55. The van der Waals surface area contributed by atoms with Crippen LogP contribution < -0.4 is 15.6 Å². The predicted molar refractivity (Wildman–Crippen MR) is 105 cm³/mol. The Kier molecular flexibility index (Phi) is 5.82. The van der Waals surface area contributed by atoms with E-state index < -0.39 is 28.3 Å². The molecule has 1 saturated heterocycles. The number of likely N-dealkylation sites (N-methyl/N-ethyl adjacent to an activating group) is 1. The molecule has 1 atom stereocenters. The minimum absolute atomic E-state index is 0. The molecular formula is C18H24ClFN4O3. The summed E-state index contributed by atoms with van der Waals surface area (Å²) < 4.78 is 16.4. The molecule has 0 aromatic carbocycles. The molecule has 0 bridgehead atoms. The SMILES string of the molecule is CN[C@H]1CCN(c2nc3c(cc2F)c(=O)c(C(=O)O)cn3C(C)(C)C)C1.Cl. The lowest BCUT2D eigenvalue weighted by Gasteiger charge is -2.26. The Morgan fingerprint density at radius 2 is 2.07 bits per heavy atom. The normalized spacial score (nSPS) is 17.2. The summed E-state index contributed by atoms with van der Waals surface area (Å²) in [6, 6.07) is 1.37. The van der Waals surface area contributed by atoms with Crippen molar-refractivity contribution in [2.75, 3.05) is 25.0 Å². The third-order valence-electron chi connectivity index (χ3n) is 4.76. The summed E-state index contributed by atoms with van der Waals surface area (Å²) in [5.74, 6) is -1.76. The fourth-order valence-electron chi connectivity index (χ4n) is 3.29. The summed E-state index contributed by atoms with van der Waals surface area (Å²) >= 11 is 0. The van der Waals surface area contributed by atoms with Gasteiger partial charge in [-0.25, -0.2) is 14.2 Å². The maximum Gasteiger partial charge on any atom is 0.341 e. The van der Waals surface area contributed by atoms with Gasteiger partial charge in [0.25, 0.3) is 0 Å². The van der Waals surface area contributed by atoms with E-state index >= 15 is 0 Å². The van der Waals surface area contributed by atoms with Crippen LogP contribution in [0.3, 0.4) is 0 Å². The van der Waals surface area contributed by atoms with Crippen molar-refractivity contribution in [3.63, 3.8) is 0 Å². The first-order valence-corrected chi connectivity index (χ1v) is 8.55. The van der Waals surface area contributed by atoms with E-state index in [4.69, 9.17) is 0 Å². The number of fused-ring (bicyclic) bond motifs is 1. The van der Waals surface area contributed by atoms with Crippen molar-refractivity contribution in [3.05, 3.63) is 33.9 Å². The summed E-state index contributed by atoms with van der Waals surface area (Å²) in [5.41, 5.74) is -1.35. The van der Waals surface area contributed by atoms with Crippen LogP contribution in [0.15, 0.2) is 17.1 Å². The van der Waals surface area contributed by atoms with Crippen molar-refractivity contribution in [3.8, 4) is 0 Å². The van der Waals surface area contributed by atoms with Crippen LogP contribution in [0.2, 0.25) is 0 Å². The highest BCUT2D eigenvalue weighted by Crippen LogP contribution is 2.27. The van der Waals surface area contributed by atoms with Crippen LogP contribution in [-0.2, 0) is 5.54 Å². The Morgan fingerprint density at radius 3 is 2.59 bits per heavy atom. The maximum atomic E-state index is 14.7. The molecule has 0 saturated carbocycles. The molecule has 0 radical (unpaired) electrons. The van der Waals surface area contributed by atoms with Gasteiger partial charge < -0.3 is 19.9 Å². The van der Waals surface area contributed by atoms with E-state index in [1.165, 1.54) is 6.20 Å². The number of aromatic nitrogens is 2. The van der Waals surface area contributed by atoms with Gasteiger partial charge in [0.15, 0.2) is 11.6 Å². The monoisotopic (exact) mass is 398 g/mol. The molecule has 0 spiro atoms. The van der Waals surface area contributed by atoms with Crippen LogP contribution in [0, 0.1) is 5.82 Å². The first-order chi connectivity index (χ1) is 12.1. The summed E-state index contributed by atoms with van der Waals surface area (Å²) in [7, 11) is 1.86. The van der Waals surface area contributed by atoms with E-state index in [0.29, 0.717) is 13.1 Å². The number of carboxylic acids is 1. The van der Waals surface area contributed by atoms with E-state index in [2.05, 4.69) is 10.3 Å². The fourth-order valence-corrected chi connectivity index (χ4v) is 3.29. The minimum atomic E-state index is -1.34. The Balaban J connectivity index is 0.00000261. The molecule has 0 unspecified atom stereocenters. The molecule has 27 heavy (non-hydrogen) atoms. The topological polar surface area (TPSA) is 87.5 Å². The van der Waals surface area contributed by atoms with Crippen molar-refractivity contribution in [1.29, 1.82) is 0 Å². The molecule has 7 nitrogen and oxygen atoms in total. The number of hydrogen-bond donors (Lipinski definition) is 2. The molecule has 2 aromatic heterocycles. The molecule has 0 aliphatic carbocycles.